The Morgan fingerprint density at radius 2 is 2.42 bits per heavy atom. The van der Waals surface area contributed by atoms with Crippen LogP contribution in [0.15, 0.2) is 12.5 Å². The number of alkyl halides is 1. The van der Waals surface area contributed by atoms with Crippen LogP contribution >= 0.6 is 11.6 Å². The first kappa shape index (κ1) is 7.49. The van der Waals surface area contributed by atoms with E-state index in [9.17, 15) is 0 Å². The van der Waals surface area contributed by atoms with Crippen LogP contribution in [0, 0.1) is 0 Å². The van der Waals surface area contributed by atoms with E-state index < -0.39 is 0 Å². The van der Waals surface area contributed by atoms with Crippen molar-refractivity contribution < 1.29 is 0 Å². The number of halogens is 1. The monoisotopic (exact) mass is 182 g/mol. The summed E-state index contributed by atoms with van der Waals surface area (Å²) in [7, 11) is 0. The Bertz CT molecular complexity index is 351. The van der Waals surface area contributed by atoms with Crippen LogP contribution in [-0.2, 0) is 6.42 Å². The molecule has 0 atom stereocenters. The van der Waals surface area contributed by atoms with Crippen molar-refractivity contribution in [1.82, 2.24) is 19.9 Å². The van der Waals surface area contributed by atoms with E-state index in [4.69, 9.17) is 11.6 Å². The molecule has 62 valence electrons. The first-order valence-corrected chi connectivity index (χ1v) is 4.14. The summed E-state index contributed by atoms with van der Waals surface area (Å²) in [5.41, 5.74) is 1.56. The topological polar surface area (TPSA) is 54.5 Å². The zero-order chi connectivity index (χ0) is 8.39. The molecule has 5 heteroatoms. The van der Waals surface area contributed by atoms with Gasteiger partial charge in [0.1, 0.15) is 17.7 Å². The molecular weight excluding hydrogens is 176 g/mol. The van der Waals surface area contributed by atoms with E-state index in [-0.39, 0.29) is 0 Å². The number of nitrogens with zero attached hydrogens (tertiary/aromatic N) is 3. The summed E-state index contributed by atoms with van der Waals surface area (Å²) in [5, 5.41) is 0. The Kier molecular flexibility index (Phi) is 1.91. The predicted molar refractivity (Wildman–Crippen MR) is 46.1 cm³/mol. The van der Waals surface area contributed by atoms with Crippen LogP contribution in [-0.4, -0.2) is 25.8 Å². The molecule has 0 aliphatic carbocycles. The van der Waals surface area contributed by atoms with Crippen molar-refractivity contribution in [3.8, 4) is 0 Å². The number of aromatic nitrogens is 4. The molecule has 0 fully saturated rings. The van der Waals surface area contributed by atoms with Crippen LogP contribution in [0.3, 0.4) is 0 Å². The summed E-state index contributed by atoms with van der Waals surface area (Å²) in [5.74, 6) is 1.42. The number of hydrogen-bond donors (Lipinski definition) is 1. The van der Waals surface area contributed by atoms with Gasteiger partial charge in [-0.1, -0.05) is 0 Å². The minimum atomic E-state index is 0.563. The molecule has 0 aliphatic rings. The molecule has 2 rings (SSSR count). The number of aromatic amines is 1. The van der Waals surface area contributed by atoms with Gasteiger partial charge in [0.05, 0.1) is 6.20 Å². The molecule has 1 N–H and O–H groups in total. The molecule has 0 radical (unpaired) electrons. The Morgan fingerprint density at radius 3 is 3.17 bits per heavy atom. The van der Waals surface area contributed by atoms with Gasteiger partial charge in [-0.25, -0.2) is 15.0 Å². The Morgan fingerprint density at radius 1 is 1.50 bits per heavy atom. The third-order valence-electron chi connectivity index (χ3n) is 1.54. The molecule has 2 aromatic rings. The number of H-pyrrole nitrogens is 1. The van der Waals surface area contributed by atoms with Crippen molar-refractivity contribution in [3.63, 3.8) is 0 Å². The second-order valence-electron chi connectivity index (χ2n) is 2.38. The molecule has 0 unspecified atom stereocenters. The van der Waals surface area contributed by atoms with E-state index in [0.29, 0.717) is 11.5 Å². The summed E-state index contributed by atoms with van der Waals surface area (Å²) in [6.07, 6.45) is 3.92. The first-order valence-electron chi connectivity index (χ1n) is 3.60. The number of rotatable bonds is 2. The van der Waals surface area contributed by atoms with Gasteiger partial charge in [-0.2, -0.15) is 0 Å². The molecule has 2 aromatic heterocycles. The van der Waals surface area contributed by atoms with E-state index in [1.807, 2.05) is 0 Å². The Balaban J connectivity index is 2.47. The maximum atomic E-state index is 5.57. The van der Waals surface area contributed by atoms with Gasteiger partial charge in [-0.3, -0.25) is 0 Å². The molecule has 0 saturated heterocycles. The number of imidazole rings is 1. The zero-order valence-corrected chi connectivity index (χ0v) is 7.04. The van der Waals surface area contributed by atoms with Crippen molar-refractivity contribution in [1.29, 1.82) is 0 Å². The second-order valence-corrected chi connectivity index (χ2v) is 2.76. The molecule has 0 amide bonds. The van der Waals surface area contributed by atoms with Crippen LogP contribution in [0.4, 0.5) is 0 Å². The third kappa shape index (κ3) is 1.25. The smallest absolute Gasteiger partial charge is 0.180 e. The van der Waals surface area contributed by atoms with E-state index in [2.05, 4.69) is 19.9 Å². The molecule has 12 heavy (non-hydrogen) atoms. The van der Waals surface area contributed by atoms with E-state index in [0.717, 1.165) is 17.8 Å². The van der Waals surface area contributed by atoms with Crippen LogP contribution < -0.4 is 0 Å². The molecule has 0 aliphatic heterocycles. The van der Waals surface area contributed by atoms with Gasteiger partial charge in [-0.15, -0.1) is 11.6 Å². The average Bonchev–Trinajstić information content (AvgIpc) is 2.47. The Hall–Kier alpha value is -1.16. The van der Waals surface area contributed by atoms with Crippen molar-refractivity contribution in [2.24, 2.45) is 0 Å². The maximum Gasteiger partial charge on any atom is 0.180 e. The van der Waals surface area contributed by atoms with Crippen LogP contribution in [0.5, 0.6) is 0 Å². The molecule has 0 aromatic carbocycles. The highest BCUT2D eigenvalue weighted by atomic mass is 35.5. The van der Waals surface area contributed by atoms with E-state index in [1.165, 1.54) is 6.33 Å². The largest absolute Gasteiger partial charge is 0.339 e. The number of aryl methyl sites for hydroxylation is 1. The fraction of sp³-hybridized carbons (Fsp3) is 0.286. The van der Waals surface area contributed by atoms with Crippen LogP contribution in [0.2, 0.25) is 0 Å². The summed E-state index contributed by atoms with van der Waals surface area (Å²) < 4.78 is 0. The van der Waals surface area contributed by atoms with Crippen molar-refractivity contribution in [2.45, 2.75) is 6.42 Å². The molecule has 0 bridgehead atoms. The predicted octanol–water partition coefficient (Wildman–Crippen LogP) is 1.13. The van der Waals surface area contributed by atoms with Crippen LogP contribution in [0.1, 0.15) is 5.82 Å². The third-order valence-corrected chi connectivity index (χ3v) is 1.73. The second kappa shape index (κ2) is 3.06. The lowest BCUT2D eigenvalue weighted by atomic mass is 10.5. The molecule has 2 heterocycles. The molecule has 0 spiro atoms. The van der Waals surface area contributed by atoms with Crippen molar-refractivity contribution >= 4 is 22.8 Å². The van der Waals surface area contributed by atoms with Gasteiger partial charge in [0.15, 0.2) is 5.65 Å². The highest BCUT2D eigenvalue weighted by molar-refractivity contribution is 6.17. The minimum absolute atomic E-state index is 0.563. The van der Waals surface area contributed by atoms with E-state index >= 15 is 0 Å². The number of fused-ring (bicyclic) bond motifs is 1. The average molecular weight is 183 g/mol. The molecule has 0 saturated carbocycles. The summed E-state index contributed by atoms with van der Waals surface area (Å²) in [6, 6.07) is 0. The van der Waals surface area contributed by atoms with E-state index in [1.54, 1.807) is 6.20 Å². The van der Waals surface area contributed by atoms with Crippen molar-refractivity contribution in [3.05, 3.63) is 18.3 Å². The highest BCUT2D eigenvalue weighted by Crippen LogP contribution is 2.06. The first-order chi connectivity index (χ1) is 5.90. The standard InChI is InChI=1S/C7H7ClN4/c8-2-1-6-11-5-3-9-4-10-7(5)12-6/h3-4H,1-2H2,(H,9,10,11,12). The fourth-order valence-corrected chi connectivity index (χ4v) is 1.20. The molecular formula is C7H7ClN4. The van der Waals surface area contributed by atoms with Gasteiger partial charge in [0.2, 0.25) is 0 Å². The lowest BCUT2D eigenvalue weighted by molar-refractivity contribution is 1.00. The summed E-state index contributed by atoms with van der Waals surface area (Å²) in [4.78, 5) is 15.1. The fourth-order valence-electron chi connectivity index (χ4n) is 1.02. The Labute approximate surface area is 74.0 Å². The normalized spacial score (nSPS) is 10.8. The lowest BCUT2D eigenvalue weighted by Crippen LogP contribution is -1.87. The quantitative estimate of drug-likeness (QED) is 0.709. The lowest BCUT2D eigenvalue weighted by Gasteiger charge is -1.85. The maximum absolute atomic E-state index is 5.57. The minimum Gasteiger partial charge on any atom is -0.339 e. The number of hydrogen-bond acceptors (Lipinski definition) is 3. The zero-order valence-electron chi connectivity index (χ0n) is 6.29. The summed E-state index contributed by atoms with van der Waals surface area (Å²) in [6.45, 7) is 0. The van der Waals surface area contributed by atoms with Gasteiger partial charge >= 0.3 is 0 Å². The highest BCUT2D eigenvalue weighted by Gasteiger charge is 2.01. The number of nitrogens with one attached hydrogen (secondary N) is 1. The molecule has 4 nitrogen and oxygen atoms in total. The summed E-state index contributed by atoms with van der Waals surface area (Å²) >= 11 is 5.57. The van der Waals surface area contributed by atoms with Crippen molar-refractivity contribution in [2.75, 3.05) is 5.88 Å². The van der Waals surface area contributed by atoms with Gasteiger partial charge < -0.3 is 4.98 Å². The van der Waals surface area contributed by atoms with Crippen LogP contribution in [0.25, 0.3) is 11.2 Å². The van der Waals surface area contributed by atoms with Gasteiger partial charge in [0, 0.05) is 12.3 Å². The van der Waals surface area contributed by atoms with Gasteiger partial charge in [0.25, 0.3) is 0 Å². The SMILES string of the molecule is ClCCc1nc2ncncc2[nH]1. The van der Waals surface area contributed by atoms with Gasteiger partial charge in [-0.05, 0) is 0 Å².